The van der Waals surface area contributed by atoms with Gasteiger partial charge in [0.1, 0.15) is 11.6 Å². The second-order valence-corrected chi connectivity index (χ2v) is 8.29. The highest BCUT2D eigenvalue weighted by atomic mass is 16.6. The number of primary amides is 1. The van der Waals surface area contributed by atoms with Crippen LogP contribution in [0.15, 0.2) is 4.99 Å². The van der Waals surface area contributed by atoms with Crippen molar-refractivity contribution >= 4 is 29.8 Å². The van der Waals surface area contributed by atoms with Gasteiger partial charge in [0.15, 0.2) is 5.96 Å². The number of aliphatic imine (C=N–C) groups is 1. The Balaban J connectivity index is 2.55. The highest BCUT2D eigenvalue weighted by Gasteiger charge is 2.29. The number of nitrogens with two attached hydrogens (primary N) is 3. The lowest BCUT2D eigenvalue weighted by Crippen LogP contribution is -2.55. The first-order chi connectivity index (χ1) is 13.8. The van der Waals surface area contributed by atoms with Crippen LogP contribution < -0.4 is 27.9 Å². The summed E-state index contributed by atoms with van der Waals surface area (Å²) in [5, 5.41) is 3.23. The second-order valence-electron chi connectivity index (χ2n) is 8.29. The summed E-state index contributed by atoms with van der Waals surface area (Å²) in [6.07, 6.45) is 2.04. The van der Waals surface area contributed by atoms with E-state index in [0.717, 1.165) is 5.01 Å². The van der Waals surface area contributed by atoms with E-state index in [9.17, 15) is 19.2 Å². The number of hydrogen-bond donors (Lipinski definition) is 5. The maximum Gasteiger partial charge on any atom is 0.336 e. The molecule has 1 aliphatic rings. The quantitative estimate of drug-likeness (QED) is 0.156. The summed E-state index contributed by atoms with van der Waals surface area (Å²) < 4.78 is 5.13. The van der Waals surface area contributed by atoms with Gasteiger partial charge < -0.3 is 27.3 Å². The number of esters is 1. The molecular weight excluding hydrogens is 394 g/mol. The molecule has 30 heavy (non-hydrogen) atoms. The van der Waals surface area contributed by atoms with Gasteiger partial charge in [0.2, 0.25) is 11.8 Å². The van der Waals surface area contributed by atoms with E-state index in [1.165, 1.54) is 7.05 Å². The smallest absolute Gasteiger partial charge is 0.336 e. The normalized spacial score (nSPS) is 19.7. The molecule has 0 radical (unpaired) electrons. The molecule has 8 N–H and O–H groups in total. The van der Waals surface area contributed by atoms with E-state index in [0.29, 0.717) is 25.7 Å². The number of urea groups is 1. The zero-order chi connectivity index (χ0) is 23.1. The van der Waals surface area contributed by atoms with Gasteiger partial charge in [-0.3, -0.25) is 24.8 Å². The fourth-order valence-corrected chi connectivity index (χ4v) is 3.00. The van der Waals surface area contributed by atoms with E-state index in [4.69, 9.17) is 21.9 Å². The summed E-state index contributed by atoms with van der Waals surface area (Å²) >= 11 is 0. The highest BCUT2D eigenvalue weighted by molar-refractivity contribution is 5.90. The number of ether oxygens (including phenoxy) is 1. The fourth-order valence-electron chi connectivity index (χ4n) is 3.00. The third-order valence-corrected chi connectivity index (χ3v) is 4.41. The van der Waals surface area contributed by atoms with Gasteiger partial charge in [-0.05, 0) is 46.5 Å². The number of nitrogens with zero attached hydrogens (tertiary/aromatic N) is 2. The Bertz CT molecular complexity index is 677. The van der Waals surface area contributed by atoms with Gasteiger partial charge in [-0.1, -0.05) is 0 Å². The summed E-state index contributed by atoms with van der Waals surface area (Å²) in [7, 11) is 1.32. The summed E-state index contributed by atoms with van der Waals surface area (Å²) in [6.45, 7) is 5.03. The van der Waals surface area contributed by atoms with Crippen LogP contribution in [-0.4, -0.2) is 59.5 Å². The first kappa shape index (κ1) is 25.0. The minimum absolute atomic E-state index is 0.00995. The van der Waals surface area contributed by atoms with Crippen LogP contribution in [0, 0.1) is 5.92 Å². The van der Waals surface area contributed by atoms with E-state index in [1.54, 1.807) is 20.8 Å². The molecule has 0 aromatic heterocycles. The van der Waals surface area contributed by atoms with E-state index in [1.807, 2.05) is 0 Å². The summed E-state index contributed by atoms with van der Waals surface area (Å²) in [5.74, 6) is -2.18. The molecule has 12 heteroatoms. The van der Waals surface area contributed by atoms with E-state index in [2.05, 4.69) is 15.7 Å². The molecule has 1 rings (SSSR count). The molecule has 1 saturated carbocycles. The predicted molar refractivity (Wildman–Crippen MR) is 109 cm³/mol. The third-order valence-electron chi connectivity index (χ3n) is 4.41. The number of hydrogen-bond acceptors (Lipinski definition) is 6. The van der Waals surface area contributed by atoms with Gasteiger partial charge in [-0.25, -0.2) is 9.80 Å². The molecule has 1 fully saturated rings. The van der Waals surface area contributed by atoms with Crippen LogP contribution in [0.4, 0.5) is 4.79 Å². The molecule has 0 heterocycles. The number of carbonyl (C=O) groups excluding carboxylic acids is 4. The standard InChI is InChI=1S/C18H33N7O5/c1-18(2,3)30-13(26)9-12(14(19)27)23-17(29)25(4)24-15(28)10-5-7-11(8-6-10)22-16(20)21/h10-12H,5-9H2,1-4H3,(H2,19,27)(H,23,29)(H,24,28)(H4,20,21,22)/t10?,11?,12-/m0/s1. The largest absolute Gasteiger partial charge is 0.460 e. The Hall–Kier alpha value is -3.05. The molecule has 0 saturated heterocycles. The average molecular weight is 428 g/mol. The molecule has 0 aromatic rings. The van der Waals surface area contributed by atoms with E-state index < -0.39 is 36.0 Å². The van der Waals surface area contributed by atoms with Crippen LogP contribution in [0.1, 0.15) is 52.9 Å². The zero-order valence-electron chi connectivity index (χ0n) is 17.9. The average Bonchev–Trinajstić information content (AvgIpc) is 2.59. The van der Waals surface area contributed by atoms with Gasteiger partial charge in [-0.2, -0.15) is 0 Å². The molecule has 1 atom stereocenters. The minimum Gasteiger partial charge on any atom is -0.460 e. The molecular formula is C18H33N7O5. The van der Waals surface area contributed by atoms with Crippen LogP contribution in [0.2, 0.25) is 0 Å². The lowest BCUT2D eigenvalue weighted by Gasteiger charge is -2.28. The molecule has 0 bridgehead atoms. The number of rotatable bonds is 6. The number of carbonyl (C=O) groups is 4. The monoisotopic (exact) mass is 427 g/mol. The van der Waals surface area contributed by atoms with E-state index >= 15 is 0 Å². The Labute approximate surface area is 175 Å². The molecule has 0 aromatic carbocycles. The van der Waals surface area contributed by atoms with E-state index in [-0.39, 0.29) is 23.8 Å². The predicted octanol–water partition coefficient (Wildman–Crippen LogP) is -0.923. The van der Waals surface area contributed by atoms with Gasteiger partial charge in [0.25, 0.3) is 0 Å². The lowest BCUT2D eigenvalue weighted by atomic mass is 9.86. The van der Waals surface area contributed by atoms with Crippen molar-refractivity contribution in [3.8, 4) is 0 Å². The third kappa shape index (κ3) is 8.97. The Morgan fingerprint density at radius 3 is 2.13 bits per heavy atom. The Morgan fingerprint density at radius 2 is 1.67 bits per heavy atom. The molecule has 0 spiro atoms. The van der Waals surface area contributed by atoms with Crippen molar-refractivity contribution in [2.75, 3.05) is 7.05 Å². The van der Waals surface area contributed by atoms with Gasteiger partial charge in [0, 0.05) is 13.0 Å². The van der Waals surface area contributed by atoms with Crippen LogP contribution in [0.3, 0.4) is 0 Å². The molecule has 170 valence electrons. The maximum absolute atomic E-state index is 12.4. The van der Waals surface area contributed by atoms with Crippen LogP contribution in [0.25, 0.3) is 0 Å². The van der Waals surface area contributed by atoms with Crippen molar-refractivity contribution in [1.29, 1.82) is 0 Å². The molecule has 12 nitrogen and oxygen atoms in total. The number of nitrogens with one attached hydrogen (secondary N) is 2. The van der Waals surface area contributed by atoms with Crippen LogP contribution in [0.5, 0.6) is 0 Å². The van der Waals surface area contributed by atoms with Gasteiger partial charge in [-0.15, -0.1) is 0 Å². The fraction of sp³-hybridized carbons (Fsp3) is 0.722. The molecule has 1 aliphatic carbocycles. The zero-order valence-corrected chi connectivity index (χ0v) is 17.9. The minimum atomic E-state index is -1.28. The topological polar surface area (TPSA) is 195 Å². The Kier molecular flexibility index (Phi) is 8.87. The van der Waals surface area contributed by atoms with Crippen LogP contribution >= 0.6 is 0 Å². The lowest BCUT2D eigenvalue weighted by molar-refractivity contribution is -0.156. The SMILES string of the molecule is CN(NC(=O)C1CCC(N=C(N)N)CC1)C(=O)N[C@@H](CC(=O)OC(C)(C)C)C(N)=O. The van der Waals surface area contributed by atoms with Crippen molar-refractivity contribution in [2.45, 2.75) is 70.6 Å². The number of guanidine groups is 1. The van der Waals surface area contributed by atoms with Gasteiger partial charge in [0.05, 0.1) is 12.5 Å². The maximum atomic E-state index is 12.4. The number of amides is 4. The highest BCUT2D eigenvalue weighted by Crippen LogP contribution is 2.26. The first-order valence-electron chi connectivity index (χ1n) is 9.73. The van der Waals surface area contributed by atoms with Crippen molar-refractivity contribution in [1.82, 2.24) is 15.8 Å². The summed E-state index contributed by atoms with van der Waals surface area (Å²) in [4.78, 5) is 52.3. The number of hydrazine groups is 1. The van der Waals surface area contributed by atoms with Crippen molar-refractivity contribution in [3.05, 3.63) is 0 Å². The van der Waals surface area contributed by atoms with Crippen molar-refractivity contribution in [3.63, 3.8) is 0 Å². The summed E-state index contributed by atoms with van der Waals surface area (Å²) in [5.41, 5.74) is 17.7. The molecule has 0 aliphatic heterocycles. The van der Waals surface area contributed by atoms with Crippen molar-refractivity contribution < 1.29 is 23.9 Å². The first-order valence-corrected chi connectivity index (χ1v) is 9.73. The second kappa shape index (κ2) is 10.6. The Morgan fingerprint density at radius 1 is 1.10 bits per heavy atom. The van der Waals surface area contributed by atoms with Crippen molar-refractivity contribution in [2.24, 2.45) is 28.1 Å². The molecule has 4 amide bonds. The van der Waals surface area contributed by atoms with Crippen LogP contribution in [-0.2, 0) is 19.1 Å². The van der Waals surface area contributed by atoms with Gasteiger partial charge >= 0.3 is 12.0 Å². The summed E-state index contributed by atoms with van der Waals surface area (Å²) in [6, 6.07) is -2.07. The molecule has 0 unspecified atom stereocenters.